The van der Waals surface area contributed by atoms with E-state index in [2.05, 4.69) is 13.8 Å². The molecule has 0 amide bonds. The van der Waals surface area contributed by atoms with Gasteiger partial charge in [-0.05, 0) is 25.2 Å². The Labute approximate surface area is 99.4 Å². The molecular formula is C13H27NO2. The number of aliphatic hydroxyl groups is 1. The molecule has 0 spiro atoms. The molecule has 4 unspecified atom stereocenters. The van der Waals surface area contributed by atoms with E-state index in [-0.39, 0.29) is 18.8 Å². The van der Waals surface area contributed by atoms with E-state index >= 15 is 0 Å². The van der Waals surface area contributed by atoms with Crippen molar-refractivity contribution >= 4 is 0 Å². The lowest BCUT2D eigenvalue weighted by molar-refractivity contribution is -0.0713. The molecule has 0 saturated heterocycles. The molecule has 0 radical (unpaired) electrons. The van der Waals surface area contributed by atoms with Crippen molar-refractivity contribution in [1.82, 2.24) is 0 Å². The molecular weight excluding hydrogens is 202 g/mol. The van der Waals surface area contributed by atoms with Crippen LogP contribution in [0.25, 0.3) is 0 Å². The van der Waals surface area contributed by atoms with Gasteiger partial charge in [0.1, 0.15) is 0 Å². The highest BCUT2D eigenvalue weighted by Gasteiger charge is 2.25. The fraction of sp³-hybridized carbons (Fsp3) is 1.00. The molecule has 0 bridgehead atoms. The van der Waals surface area contributed by atoms with E-state index in [9.17, 15) is 5.11 Å². The Morgan fingerprint density at radius 2 is 2.19 bits per heavy atom. The second kappa shape index (κ2) is 7.25. The highest BCUT2D eigenvalue weighted by Crippen LogP contribution is 2.27. The summed E-state index contributed by atoms with van der Waals surface area (Å²) >= 11 is 0. The van der Waals surface area contributed by atoms with Crippen LogP contribution < -0.4 is 5.73 Å². The van der Waals surface area contributed by atoms with Crippen molar-refractivity contribution in [3.8, 4) is 0 Å². The lowest BCUT2D eigenvalue weighted by atomic mass is 9.88. The molecule has 0 aromatic rings. The Balaban J connectivity index is 2.36. The van der Waals surface area contributed by atoms with Crippen molar-refractivity contribution in [2.75, 3.05) is 6.61 Å². The minimum atomic E-state index is -0.171. The zero-order chi connectivity index (χ0) is 12.0. The fourth-order valence-electron chi connectivity index (χ4n) is 2.55. The van der Waals surface area contributed by atoms with Crippen LogP contribution >= 0.6 is 0 Å². The van der Waals surface area contributed by atoms with E-state index in [1.165, 1.54) is 12.8 Å². The molecule has 96 valence electrons. The second-order valence-corrected chi connectivity index (χ2v) is 5.20. The van der Waals surface area contributed by atoms with Crippen molar-refractivity contribution < 1.29 is 9.84 Å². The van der Waals surface area contributed by atoms with Crippen LogP contribution in [-0.4, -0.2) is 30.0 Å². The first-order chi connectivity index (χ1) is 7.67. The van der Waals surface area contributed by atoms with Crippen LogP contribution in [0.1, 0.15) is 52.4 Å². The molecule has 1 fully saturated rings. The molecule has 16 heavy (non-hydrogen) atoms. The van der Waals surface area contributed by atoms with Crippen LogP contribution in [0, 0.1) is 5.92 Å². The van der Waals surface area contributed by atoms with Crippen molar-refractivity contribution in [2.45, 2.75) is 70.6 Å². The largest absolute Gasteiger partial charge is 0.394 e. The van der Waals surface area contributed by atoms with E-state index in [4.69, 9.17) is 10.5 Å². The number of rotatable bonds is 6. The molecule has 3 nitrogen and oxygen atoms in total. The highest BCUT2D eigenvalue weighted by molar-refractivity contribution is 4.77. The topological polar surface area (TPSA) is 55.5 Å². The first-order valence-corrected chi connectivity index (χ1v) is 6.69. The maximum absolute atomic E-state index is 9.31. The van der Waals surface area contributed by atoms with Crippen LogP contribution in [0.3, 0.4) is 0 Å². The van der Waals surface area contributed by atoms with Crippen LogP contribution in [0.2, 0.25) is 0 Å². The van der Waals surface area contributed by atoms with Gasteiger partial charge in [0, 0.05) is 6.04 Å². The van der Waals surface area contributed by atoms with Gasteiger partial charge in [0.25, 0.3) is 0 Å². The van der Waals surface area contributed by atoms with Gasteiger partial charge in [0.2, 0.25) is 0 Å². The highest BCUT2D eigenvalue weighted by atomic mass is 16.5. The van der Waals surface area contributed by atoms with Gasteiger partial charge >= 0.3 is 0 Å². The number of hydrogen-bond donors (Lipinski definition) is 2. The van der Waals surface area contributed by atoms with Gasteiger partial charge in [-0.2, -0.15) is 0 Å². The SMILES string of the molecule is CCCC(N)C(CO)OC1CCCC(C)C1. The average molecular weight is 229 g/mol. The summed E-state index contributed by atoms with van der Waals surface area (Å²) in [6, 6.07) is -0.0211. The summed E-state index contributed by atoms with van der Waals surface area (Å²) in [5, 5.41) is 9.31. The van der Waals surface area contributed by atoms with E-state index in [0.29, 0.717) is 6.10 Å². The van der Waals surface area contributed by atoms with Crippen molar-refractivity contribution in [3.63, 3.8) is 0 Å². The van der Waals surface area contributed by atoms with Crippen LogP contribution in [0.4, 0.5) is 0 Å². The van der Waals surface area contributed by atoms with Crippen LogP contribution in [-0.2, 0) is 4.74 Å². The third-order valence-corrected chi connectivity index (χ3v) is 3.54. The number of nitrogens with two attached hydrogens (primary N) is 1. The maximum Gasteiger partial charge on any atom is 0.0959 e. The minimum absolute atomic E-state index is 0.0211. The van der Waals surface area contributed by atoms with Crippen molar-refractivity contribution in [2.24, 2.45) is 11.7 Å². The standard InChI is InChI=1S/C13H27NO2/c1-3-5-12(14)13(9-15)16-11-7-4-6-10(2)8-11/h10-13,15H,3-9,14H2,1-2H3. The quantitative estimate of drug-likeness (QED) is 0.733. The summed E-state index contributed by atoms with van der Waals surface area (Å²) < 4.78 is 5.95. The molecule has 1 rings (SSSR count). The Hall–Kier alpha value is -0.120. The van der Waals surface area contributed by atoms with Gasteiger partial charge in [-0.15, -0.1) is 0 Å². The third-order valence-electron chi connectivity index (χ3n) is 3.54. The molecule has 3 N–H and O–H groups in total. The lowest BCUT2D eigenvalue weighted by Crippen LogP contribution is -2.42. The predicted molar refractivity (Wildman–Crippen MR) is 66.3 cm³/mol. The van der Waals surface area contributed by atoms with Gasteiger partial charge in [-0.25, -0.2) is 0 Å². The van der Waals surface area contributed by atoms with Gasteiger partial charge < -0.3 is 15.6 Å². The van der Waals surface area contributed by atoms with E-state index in [0.717, 1.165) is 31.6 Å². The molecule has 3 heteroatoms. The second-order valence-electron chi connectivity index (χ2n) is 5.20. The summed E-state index contributed by atoms with van der Waals surface area (Å²) in [4.78, 5) is 0. The predicted octanol–water partition coefficient (Wildman–Crippen LogP) is 2.07. The summed E-state index contributed by atoms with van der Waals surface area (Å²) in [6.07, 6.45) is 6.90. The number of ether oxygens (including phenoxy) is 1. The molecule has 0 aromatic heterocycles. The Bertz CT molecular complexity index is 187. The fourth-order valence-corrected chi connectivity index (χ4v) is 2.55. The van der Waals surface area contributed by atoms with Crippen molar-refractivity contribution in [3.05, 3.63) is 0 Å². The summed E-state index contributed by atoms with van der Waals surface area (Å²) in [5.74, 6) is 0.750. The van der Waals surface area contributed by atoms with Gasteiger partial charge in [0.15, 0.2) is 0 Å². The smallest absolute Gasteiger partial charge is 0.0959 e. The molecule has 4 atom stereocenters. The number of aliphatic hydroxyl groups excluding tert-OH is 1. The van der Waals surface area contributed by atoms with Gasteiger partial charge in [-0.1, -0.05) is 33.1 Å². The lowest BCUT2D eigenvalue weighted by Gasteiger charge is -2.32. The van der Waals surface area contributed by atoms with Crippen LogP contribution in [0.5, 0.6) is 0 Å². The molecule has 0 aromatic carbocycles. The average Bonchev–Trinajstić information content (AvgIpc) is 2.26. The molecule has 1 saturated carbocycles. The van der Waals surface area contributed by atoms with E-state index in [1.54, 1.807) is 0 Å². The summed E-state index contributed by atoms with van der Waals surface area (Å²) in [5.41, 5.74) is 6.01. The Kier molecular flexibility index (Phi) is 6.32. The molecule has 0 aliphatic heterocycles. The van der Waals surface area contributed by atoms with Gasteiger partial charge in [0.05, 0.1) is 18.8 Å². The zero-order valence-corrected chi connectivity index (χ0v) is 10.7. The van der Waals surface area contributed by atoms with Gasteiger partial charge in [-0.3, -0.25) is 0 Å². The summed E-state index contributed by atoms with van der Waals surface area (Å²) in [6.45, 7) is 4.43. The normalized spacial score (nSPS) is 30.0. The van der Waals surface area contributed by atoms with Crippen LogP contribution in [0.15, 0.2) is 0 Å². The van der Waals surface area contributed by atoms with E-state index in [1.807, 2.05) is 0 Å². The maximum atomic E-state index is 9.31. The third kappa shape index (κ3) is 4.40. The minimum Gasteiger partial charge on any atom is -0.394 e. The Morgan fingerprint density at radius 1 is 1.44 bits per heavy atom. The molecule has 1 aliphatic rings. The Morgan fingerprint density at radius 3 is 2.75 bits per heavy atom. The number of hydrogen-bond acceptors (Lipinski definition) is 3. The first kappa shape index (κ1) is 13.9. The van der Waals surface area contributed by atoms with Crippen molar-refractivity contribution in [1.29, 1.82) is 0 Å². The summed E-state index contributed by atoms with van der Waals surface area (Å²) in [7, 11) is 0. The molecule has 0 heterocycles. The molecule has 1 aliphatic carbocycles. The monoisotopic (exact) mass is 229 g/mol. The first-order valence-electron chi connectivity index (χ1n) is 6.69. The zero-order valence-electron chi connectivity index (χ0n) is 10.7. The van der Waals surface area contributed by atoms with E-state index < -0.39 is 0 Å².